The second-order valence-electron chi connectivity index (χ2n) is 4.74. The largest absolute Gasteiger partial charge is 0.365 e. The average molecular weight is 228 g/mol. The number of hydrogen-bond donors (Lipinski definition) is 0. The van der Waals surface area contributed by atoms with Crippen molar-refractivity contribution in [3.8, 4) is 0 Å². The van der Waals surface area contributed by atoms with Crippen molar-refractivity contribution in [2.75, 3.05) is 0 Å². The molecule has 2 unspecified atom stereocenters. The Morgan fingerprint density at radius 3 is 2.76 bits per heavy atom. The minimum atomic E-state index is -0.0519. The Balaban J connectivity index is 1.85. The van der Waals surface area contributed by atoms with E-state index < -0.39 is 0 Å². The lowest BCUT2D eigenvalue weighted by atomic mass is 9.87. The highest BCUT2D eigenvalue weighted by Gasteiger charge is 2.34. The van der Waals surface area contributed by atoms with Crippen LogP contribution in [-0.2, 0) is 9.53 Å². The van der Waals surface area contributed by atoms with Gasteiger partial charge in [0.15, 0.2) is 5.78 Å². The number of Topliss-reactive ketones (excluding diaryl/α,β-unsaturated/α-hetero) is 1. The summed E-state index contributed by atoms with van der Waals surface area (Å²) in [4.78, 5) is 12.1. The summed E-state index contributed by atoms with van der Waals surface area (Å²) in [5, 5.41) is 0. The third-order valence-electron chi connectivity index (χ3n) is 3.57. The summed E-state index contributed by atoms with van der Waals surface area (Å²) in [6, 6.07) is 10.1. The van der Waals surface area contributed by atoms with Crippen LogP contribution in [0.15, 0.2) is 42.0 Å². The number of allylic oxidation sites excluding steroid dienone is 1. The van der Waals surface area contributed by atoms with Crippen LogP contribution in [0.2, 0.25) is 0 Å². The number of benzene rings is 1. The van der Waals surface area contributed by atoms with E-state index in [0.29, 0.717) is 6.42 Å². The van der Waals surface area contributed by atoms with E-state index in [1.54, 1.807) is 0 Å². The zero-order valence-electron chi connectivity index (χ0n) is 9.76. The average Bonchev–Trinajstić information content (AvgIpc) is 2.40. The molecule has 0 N–H and O–H groups in total. The van der Waals surface area contributed by atoms with E-state index >= 15 is 0 Å². The Bertz CT molecular complexity index is 447. The predicted molar refractivity (Wildman–Crippen MR) is 65.6 cm³/mol. The summed E-state index contributed by atoms with van der Waals surface area (Å²) in [6.45, 7) is 0. The maximum Gasteiger partial charge on any atom is 0.164 e. The predicted octanol–water partition coefficient (Wildman–Crippen LogP) is 3.20. The summed E-state index contributed by atoms with van der Waals surface area (Å²) >= 11 is 0. The van der Waals surface area contributed by atoms with Crippen LogP contribution in [0.25, 0.3) is 0 Å². The number of ketones is 1. The molecule has 1 aliphatic heterocycles. The van der Waals surface area contributed by atoms with Crippen molar-refractivity contribution in [1.82, 2.24) is 0 Å². The fourth-order valence-electron chi connectivity index (χ4n) is 2.68. The first-order valence-corrected chi connectivity index (χ1v) is 6.28. The summed E-state index contributed by atoms with van der Waals surface area (Å²) < 4.78 is 6.06. The van der Waals surface area contributed by atoms with Gasteiger partial charge in [-0.05, 0) is 24.8 Å². The van der Waals surface area contributed by atoms with E-state index in [0.717, 1.165) is 30.4 Å². The van der Waals surface area contributed by atoms with Crippen LogP contribution in [0, 0.1) is 0 Å². The van der Waals surface area contributed by atoms with E-state index in [9.17, 15) is 4.79 Å². The summed E-state index contributed by atoms with van der Waals surface area (Å²) in [5.74, 6) is 0.273. The van der Waals surface area contributed by atoms with Gasteiger partial charge in [-0.15, -0.1) is 0 Å². The summed E-state index contributed by atoms with van der Waals surface area (Å²) in [5.41, 5.74) is 2.04. The molecule has 2 atom stereocenters. The van der Waals surface area contributed by atoms with Gasteiger partial charge < -0.3 is 4.74 Å². The first kappa shape index (κ1) is 10.7. The summed E-state index contributed by atoms with van der Waals surface area (Å²) in [7, 11) is 0. The van der Waals surface area contributed by atoms with Crippen molar-refractivity contribution in [2.24, 2.45) is 0 Å². The van der Waals surface area contributed by atoms with Crippen LogP contribution in [0.1, 0.15) is 37.4 Å². The van der Waals surface area contributed by atoms with Gasteiger partial charge in [0.2, 0.25) is 0 Å². The van der Waals surface area contributed by atoms with E-state index in [1.165, 1.54) is 0 Å². The monoisotopic (exact) mass is 228 g/mol. The second kappa shape index (κ2) is 4.46. The van der Waals surface area contributed by atoms with Crippen LogP contribution >= 0.6 is 0 Å². The third-order valence-corrected chi connectivity index (χ3v) is 3.57. The fraction of sp³-hybridized carbons (Fsp3) is 0.400. The molecule has 1 aromatic carbocycles. The van der Waals surface area contributed by atoms with Crippen LogP contribution in [0.4, 0.5) is 0 Å². The topological polar surface area (TPSA) is 26.3 Å². The molecule has 2 nitrogen and oxygen atoms in total. The van der Waals surface area contributed by atoms with Crippen molar-refractivity contribution >= 4 is 5.78 Å². The number of carbonyl (C=O) groups is 1. The maximum atomic E-state index is 12.1. The molecule has 0 radical (unpaired) electrons. The quantitative estimate of drug-likeness (QED) is 0.737. The third kappa shape index (κ3) is 2.05. The Kier molecular flexibility index (Phi) is 2.81. The van der Waals surface area contributed by atoms with E-state index in [1.807, 2.05) is 30.3 Å². The molecule has 17 heavy (non-hydrogen) atoms. The van der Waals surface area contributed by atoms with Gasteiger partial charge in [0.05, 0.1) is 12.2 Å². The van der Waals surface area contributed by atoms with E-state index in [4.69, 9.17) is 4.74 Å². The fourth-order valence-corrected chi connectivity index (χ4v) is 2.68. The highest BCUT2D eigenvalue weighted by atomic mass is 16.5. The molecule has 0 saturated carbocycles. The Hall–Kier alpha value is -1.41. The molecule has 0 bridgehead atoms. The number of fused-ring (bicyclic) bond motifs is 1. The molecule has 2 aliphatic rings. The number of hydrogen-bond acceptors (Lipinski definition) is 2. The zero-order chi connectivity index (χ0) is 11.7. The van der Waals surface area contributed by atoms with Crippen LogP contribution in [0.3, 0.4) is 0 Å². The smallest absolute Gasteiger partial charge is 0.164 e. The maximum absolute atomic E-state index is 12.1. The van der Waals surface area contributed by atoms with Gasteiger partial charge in [0.1, 0.15) is 0 Å². The van der Waals surface area contributed by atoms with Gasteiger partial charge in [0.25, 0.3) is 0 Å². The molecule has 1 aliphatic carbocycles. The second-order valence-corrected chi connectivity index (χ2v) is 4.74. The molecule has 3 rings (SSSR count). The first-order valence-electron chi connectivity index (χ1n) is 6.28. The van der Waals surface area contributed by atoms with Crippen molar-refractivity contribution in [2.45, 2.75) is 37.9 Å². The lowest BCUT2D eigenvalue weighted by molar-refractivity contribution is -0.127. The molecule has 0 spiro atoms. The molecule has 0 aromatic heterocycles. The summed E-state index contributed by atoms with van der Waals surface area (Å²) in [6.07, 6.45) is 5.68. The normalized spacial score (nSPS) is 28.5. The molecule has 88 valence electrons. The zero-order valence-corrected chi connectivity index (χ0v) is 9.76. The Labute approximate surface area is 101 Å². The van der Waals surface area contributed by atoms with Gasteiger partial charge in [-0.1, -0.05) is 36.4 Å². The van der Waals surface area contributed by atoms with Gasteiger partial charge in [-0.2, -0.15) is 0 Å². The molecule has 0 amide bonds. The van der Waals surface area contributed by atoms with Crippen LogP contribution in [0.5, 0.6) is 0 Å². The standard InChI is InChI=1S/C15H16O2/c16-13-10-15(11-6-2-1-3-7-11)17-14-9-5-4-8-12(13)14/h1-3,6-8,14-15H,4-5,9-10H2. The minimum Gasteiger partial charge on any atom is -0.365 e. The van der Waals surface area contributed by atoms with E-state index in [2.05, 4.69) is 6.08 Å². The molecule has 2 heteroatoms. The lowest BCUT2D eigenvalue weighted by Crippen LogP contribution is -2.32. The highest BCUT2D eigenvalue weighted by Crippen LogP contribution is 2.36. The van der Waals surface area contributed by atoms with E-state index in [-0.39, 0.29) is 18.0 Å². The molecule has 1 fully saturated rings. The number of rotatable bonds is 1. The minimum absolute atomic E-state index is 0.0372. The van der Waals surface area contributed by atoms with Crippen molar-refractivity contribution in [3.05, 3.63) is 47.5 Å². The molecule has 1 aromatic rings. The lowest BCUT2D eigenvalue weighted by Gasteiger charge is -2.33. The molecular weight excluding hydrogens is 212 g/mol. The number of ether oxygens (including phenoxy) is 1. The van der Waals surface area contributed by atoms with Crippen LogP contribution in [-0.4, -0.2) is 11.9 Å². The molecule has 1 saturated heterocycles. The molecule has 1 heterocycles. The van der Waals surface area contributed by atoms with Crippen molar-refractivity contribution in [3.63, 3.8) is 0 Å². The highest BCUT2D eigenvalue weighted by molar-refractivity contribution is 5.97. The van der Waals surface area contributed by atoms with Gasteiger partial charge in [0, 0.05) is 12.0 Å². The van der Waals surface area contributed by atoms with Gasteiger partial charge >= 0.3 is 0 Å². The molecular formula is C15H16O2. The first-order chi connectivity index (χ1) is 8.34. The SMILES string of the molecule is O=C1CC(c2ccccc2)OC2CCCC=C12. The Morgan fingerprint density at radius 2 is 1.94 bits per heavy atom. The number of carbonyl (C=O) groups excluding carboxylic acids is 1. The Morgan fingerprint density at radius 1 is 1.12 bits per heavy atom. The van der Waals surface area contributed by atoms with Gasteiger partial charge in [-0.25, -0.2) is 0 Å². The van der Waals surface area contributed by atoms with Crippen molar-refractivity contribution in [1.29, 1.82) is 0 Å². The van der Waals surface area contributed by atoms with Gasteiger partial charge in [-0.3, -0.25) is 4.79 Å². The van der Waals surface area contributed by atoms with Crippen molar-refractivity contribution < 1.29 is 9.53 Å². The van der Waals surface area contributed by atoms with Crippen LogP contribution < -0.4 is 0 Å².